The van der Waals surface area contributed by atoms with Crippen LogP contribution in [0.5, 0.6) is 0 Å². The van der Waals surface area contributed by atoms with Crippen molar-refractivity contribution >= 4 is 17.9 Å². The van der Waals surface area contributed by atoms with Gasteiger partial charge in [0.2, 0.25) is 0 Å². The van der Waals surface area contributed by atoms with Gasteiger partial charge in [-0.15, -0.1) is 0 Å². The first-order valence-corrected chi connectivity index (χ1v) is 26.3. The molecule has 0 bridgehead atoms. The van der Waals surface area contributed by atoms with Crippen LogP contribution < -0.4 is 0 Å². The molecule has 0 saturated carbocycles. The topological polar surface area (TPSA) is 78.9 Å². The predicted molar refractivity (Wildman–Crippen MR) is 288 cm³/mol. The molecule has 0 aromatic carbocycles. The third kappa shape index (κ3) is 52.1. The summed E-state index contributed by atoms with van der Waals surface area (Å²) < 4.78 is 16.7. The normalized spacial score (nSPS) is 13.3. The number of hydrogen-bond donors (Lipinski definition) is 0. The first-order chi connectivity index (χ1) is 33.0. The van der Waals surface area contributed by atoms with Gasteiger partial charge < -0.3 is 14.2 Å². The molecule has 0 unspecified atom stereocenters. The molecule has 0 aliphatic carbocycles. The standard InChI is InChI=1S/C61H94O6/c1-4-7-10-13-16-19-22-25-28-30-33-36-39-42-45-48-51-54-60(63)66-57-58(56-65-59(62)53-50-47-44-41-38-35-32-27-24-21-18-15-12-9-6-3)67-61(64)55-52-49-46-43-40-37-34-31-29-26-23-20-17-14-11-8-5-2/h7,9-10,12,16-21,25-29,32-34,36-37,42-43,45-46,58H,4-6,8,11,13-15,22-24,30-31,35,38-41,44,47-57H2,1-3H3/b10-7-,12-9-,19-16-,20-17-,21-18-,28-25-,29-26-,32-27-,36-33-,37-34-,45-42-,46-43-/t58-/m0/s1. The minimum absolute atomic E-state index is 0.133. The summed E-state index contributed by atoms with van der Waals surface area (Å²) in [4.78, 5) is 38.0. The highest BCUT2D eigenvalue weighted by atomic mass is 16.6. The Labute approximate surface area is 410 Å². The molecule has 0 aromatic rings. The quantitative estimate of drug-likeness (QED) is 0.0262. The summed E-state index contributed by atoms with van der Waals surface area (Å²) >= 11 is 0. The fourth-order valence-electron chi connectivity index (χ4n) is 6.42. The van der Waals surface area contributed by atoms with Crippen LogP contribution in [-0.2, 0) is 28.6 Å². The Hall–Kier alpha value is -4.71. The van der Waals surface area contributed by atoms with E-state index in [2.05, 4.69) is 167 Å². The summed E-state index contributed by atoms with van der Waals surface area (Å²) in [7, 11) is 0. The molecule has 0 saturated heterocycles. The minimum atomic E-state index is -0.843. The van der Waals surface area contributed by atoms with E-state index in [1.165, 1.54) is 25.7 Å². The highest BCUT2D eigenvalue weighted by Gasteiger charge is 2.19. The van der Waals surface area contributed by atoms with Crippen LogP contribution >= 0.6 is 0 Å². The largest absolute Gasteiger partial charge is 0.462 e. The number of unbranched alkanes of at least 4 members (excludes halogenated alkanes) is 10. The minimum Gasteiger partial charge on any atom is -0.462 e. The van der Waals surface area contributed by atoms with Gasteiger partial charge in [-0.05, 0) is 128 Å². The molecule has 0 fully saturated rings. The lowest BCUT2D eigenvalue weighted by atomic mass is 10.1. The van der Waals surface area contributed by atoms with Gasteiger partial charge in [0.25, 0.3) is 0 Å². The van der Waals surface area contributed by atoms with Gasteiger partial charge in [0, 0.05) is 19.3 Å². The zero-order chi connectivity index (χ0) is 48.6. The van der Waals surface area contributed by atoms with Gasteiger partial charge in [0.1, 0.15) is 13.2 Å². The molecule has 6 heteroatoms. The van der Waals surface area contributed by atoms with E-state index < -0.39 is 12.1 Å². The third-order valence-corrected chi connectivity index (χ3v) is 10.3. The number of hydrogen-bond acceptors (Lipinski definition) is 6. The maximum absolute atomic E-state index is 12.8. The van der Waals surface area contributed by atoms with E-state index >= 15 is 0 Å². The molecule has 1 atom stereocenters. The van der Waals surface area contributed by atoms with Crippen molar-refractivity contribution in [2.75, 3.05) is 13.2 Å². The molecule has 0 amide bonds. The fourth-order valence-corrected chi connectivity index (χ4v) is 6.42. The smallest absolute Gasteiger partial charge is 0.306 e. The van der Waals surface area contributed by atoms with Crippen LogP contribution in [0, 0.1) is 0 Å². The van der Waals surface area contributed by atoms with Crippen molar-refractivity contribution < 1.29 is 28.6 Å². The second kappa shape index (κ2) is 53.9. The maximum Gasteiger partial charge on any atom is 0.306 e. The summed E-state index contributed by atoms with van der Waals surface area (Å²) in [6, 6.07) is 0. The molecule has 67 heavy (non-hydrogen) atoms. The Morgan fingerprint density at radius 2 is 0.597 bits per heavy atom. The average molecular weight is 923 g/mol. The Bertz CT molecular complexity index is 1530. The van der Waals surface area contributed by atoms with Gasteiger partial charge in [-0.3, -0.25) is 14.4 Å². The first kappa shape index (κ1) is 62.3. The Balaban J connectivity index is 4.63. The van der Waals surface area contributed by atoms with Gasteiger partial charge in [0.15, 0.2) is 6.10 Å². The van der Waals surface area contributed by atoms with Crippen LogP contribution in [0.1, 0.15) is 201 Å². The Morgan fingerprint density at radius 3 is 0.970 bits per heavy atom. The molecular weight excluding hydrogens is 829 g/mol. The van der Waals surface area contributed by atoms with E-state index in [-0.39, 0.29) is 38.0 Å². The third-order valence-electron chi connectivity index (χ3n) is 10.3. The zero-order valence-corrected chi connectivity index (χ0v) is 42.6. The van der Waals surface area contributed by atoms with Crippen molar-refractivity contribution in [1.29, 1.82) is 0 Å². The molecule has 0 radical (unpaired) electrons. The number of carbonyl (C=O) groups is 3. The number of rotatable bonds is 45. The number of carbonyl (C=O) groups excluding carboxylic acids is 3. The summed E-state index contributed by atoms with van der Waals surface area (Å²) in [5.41, 5.74) is 0. The van der Waals surface area contributed by atoms with Gasteiger partial charge in [-0.25, -0.2) is 0 Å². The second-order valence-corrected chi connectivity index (χ2v) is 16.7. The molecule has 0 aliphatic heterocycles. The van der Waals surface area contributed by atoms with Crippen LogP contribution in [0.2, 0.25) is 0 Å². The number of allylic oxidation sites excluding steroid dienone is 24. The van der Waals surface area contributed by atoms with E-state index in [4.69, 9.17) is 14.2 Å². The van der Waals surface area contributed by atoms with Crippen molar-refractivity contribution in [3.05, 3.63) is 146 Å². The lowest BCUT2D eigenvalue weighted by Gasteiger charge is -2.18. The highest BCUT2D eigenvalue weighted by Crippen LogP contribution is 2.11. The zero-order valence-electron chi connectivity index (χ0n) is 42.6. The van der Waals surface area contributed by atoms with Crippen LogP contribution in [0.3, 0.4) is 0 Å². The summed E-state index contributed by atoms with van der Waals surface area (Å²) in [6.07, 6.45) is 77.0. The Morgan fingerprint density at radius 1 is 0.313 bits per heavy atom. The van der Waals surface area contributed by atoms with E-state index in [1.807, 2.05) is 0 Å². The predicted octanol–water partition coefficient (Wildman–Crippen LogP) is 17.6. The van der Waals surface area contributed by atoms with Crippen LogP contribution in [0.25, 0.3) is 0 Å². The molecule has 0 aromatic heterocycles. The summed E-state index contributed by atoms with van der Waals surface area (Å²) in [5.74, 6) is -1.08. The van der Waals surface area contributed by atoms with Gasteiger partial charge in [-0.1, -0.05) is 199 Å². The lowest BCUT2D eigenvalue weighted by molar-refractivity contribution is -0.167. The molecular formula is C61H94O6. The van der Waals surface area contributed by atoms with Crippen molar-refractivity contribution in [3.63, 3.8) is 0 Å². The van der Waals surface area contributed by atoms with Crippen LogP contribution in [0.4, 0.5) is 0 Å². The van der Waals surface area contributed by atoms with Crippen LogP contribution in [-0.4, -0.2) is 37.2 Å². The van der Waals surface area contributed by atoms with E-state index in [0.717, 1.165) is 122 Å². The molecule has 0 rings (SSSR count). The first-order valence-electron chi connectivity index (χ1n) is 26.3. The highest BCUT2D eigenvalue weighted by molar-refractivity contribution is 5.71. The lowest BCUT2D eigenvalue weighted by Crippen LogP contribution is -2.30. The monoisotopic (exact) mass is 923 g/mol. The maximum atomic E-state index is 12.8. The van der Waals surface area contributed by atoms with Crippen molar-refractivity contribution in [2.45, 2.75) is 207 Å². The molecule has 374 valence electrons. The van der Waals surface area contributed by atoms with Gasteiger partial charge in [-0.2, -0.15) is 0 Å². The van der Waals surface area contributed by atoms with Crippen molar-refractivity contribution in [3.8, 4) is 0 Å². The summed E-state index contributed by atoms with van der Waals surface area (Å²) in [6.45, 7) is 6.25. The number of ether oxygens (including phenoxy) is 3. The summed E-state index contributed by atoms with van der Waals surface area (Å²) in [5, 5.41) is 0. The van der Waals surface area contributed by atoms with Gasteiger partial charge >= 0.3 is 17.9 Å². The molecule has 0 N–H and O–H groups in total. The van der Waals surface area contributed by atoms with Crippen molar-refractivity contribution in [1.82, 2.24) is 0 Å². The SMILES string of the molecule is CC/C=C\C/C=C\C/C=C\C/C=C\C/C=C\CCCC(=O)OC[C@H](COC(=O)CCCCCCC/C=C\C/C=C\C/C=C\CC)OC(=O)CCC/C=C\C/C=C\C/C=C\C/C=C\CCCCC. The van der Waals surface area contributed by atoms with E-state index in [9.17, 15) is 14.4 Å². The van der Waals surface area contributed by atoms with Crippen LogP contribution in [0.15, 0.2) is 146 Å². The Kier molecular flexibility index (Phi) is 50.1. The fraction of sp³-hybridized carbons (Fsp3) is 0.557. The molecule has 6 nitrogen and oxygen atoms in total. The number of esters is 3. The van der Waals surface area contributed by atoms with E-state index in [1.54, 1.807) is 0 Å². The molecule has 0 spiro atoms. The van der Waals surface area contributed by atoms with Gasteiger partial charge in [0.05, 0.1) is 0 Å². The van der Waals surface area contributed by atoms with E-state index in [0.29, 0.717) is 19.3 Å². The van der Waals surface area contributed by atoms with Crippen molar-refractivity contribution in [2.24, 2.45) is 0 Å². The second-order valence-electron chi connectivity index (χ2n) is 16.7. The molecule has 0 heterocycles. The average Bonchev–Trinajstić information content (AvgIpc) is 3.33. The molecule has 0 aliphatic rings.